The summed E-state index contributed by atoms with van der Waals surface area (Å²) >= 11 is 5.95. The van der Waals surface area contributed by atoms with Gasteiger partial charge in [-0.2, -0.15) is 0 Å². The lowest BCUT2D eigenvalue weighted by Gasteiger charge is -2.30. The Morgan fingerprint density at radius 1 is 1.40 bits per heavy atom. The van der Waals surface area contributed by atoms with Crippen molar-refractivity contribution in [2.75, 3.05) is 38.9 Å². The third kappa shape index (κ3) is 4.06. The normalized spacial score (nSPS) is 12.2. The molecule has 6 nitrogen and oxygen atoms in total. The van der Waals surface area contributed by atoms with Gasteiger partial charge in [0.05, 0.1) is 18.1 Å². The highest BCUT2D eigenvalue weighted by Gasteiger charge is 2.25. The molecule has 0 saturated heterocycles. The maximum atomic E-state index is 11.2. The highest BCUT2D eigenvalue weighted by Crippen LogP contribution is 2.35. The van der Waals surface area contributed by atoms with E-state index in [9.17, 15) is 10.1 Å². The number of halogens is 1. The summed E-state index contributed by atoms with van der Waals surface area (Å²) in [5, 5.41) is 11.4. The Hall–Kier alpha value is -1.37. The van der Waals surface area contributed by atoms with Crippen molar-refractivity contribution in [3.05, 3.63) is 33.3 Å². The van der Waals surface area contributed by atoms with Gasteiger partial charge in [-0.05, 0) is 19.1 Å². The van der Waals surface area contributed by atoms with Gasteiger partial charge in [-0.25, -0.2) is 0 Å². The van der Waals surface area contributed by atoms with Crippen LogP contribution in [0, 0.1) is 10.1 Å². The van der Waals surface area contributed by atoms with Crippen LogP contribution in [0.3, 0.4) is 0 Å². The molecule has 112 valence electrons. The van der Waals surface area contributed by atoms with Gasteiger partial charge in [0.15, 0.2) is 0 Å². The van der Waals surface area contributed by atoms with Gasteiger partial charge >= 0.3 is 5.69 Å². The summed E-state index contributed by atoms with van der Waals surface area (Å²) in [4.78, 5) is 12.6. The van der Waals surface area contributed by atoms with Crippen LogP contribution >= 0.6 is 11.6 Å². The first kappa shape index (κ1) is 16.7. The SMILES string of the molecule is COCCN(c1cccc(Cl)c1[N+](=O)[O-])C(C)COC. The van der Waals surface area contributed by atoms with Gasteiger partial charge in [0, 0.05) is 26.8 Å². The highest BCUT2D eigenvalue weighted by molar-refractivity contribution is 6.33. The number of methoxy groups -OCH3 is 2. The first-order valence-corrected chi connectivity index (χ1v) is 6.58. The fourth-order valence-electron chi connectivity index (χ4n) is 2.02. The number of nitro benzene ring substituents is 1. The Morgan fingerprint density at radius 2 is 2.10 bits per heavy atom. The summed E-state index contributed by atoms with van der Waals surface area (Å²) in [5.74, 6) is 0. The fraction of sp³-hybridized carbons (Fsp3) is 0.538. The third-order valence-corrected chi connectivity index (χ3v) is 3.24. The van der Waals surface area contributed by atoms with Gasteiger partial charge in [0.1, 0.15) is 10.7 Å². The zero-order valence-electron chi connectivity index (χ0n) is 11.8. The van der Waals surface area contributed by atoms with Gasteiger partial charge in [0.2, 0.25) is 0 Å². The molecule has 0 radical (unpaired) electrons. The molecule has 0 saturated carbocycles. The van der Waals surface area contributed by atoms with E-state index in [-0.39, 0.29) is 16.8 Å². The maximum absolute atomic E-state index is 11.2. The molecular formula is C13H19ClN2O4. The summed E-state index contributed by atoms with van der Waals surface area (Å²) in [6.07, 6.45) is 0. The van der Waals surface area contributed by atoms with Crippen LogP contribution in [-0.4, -0.2) is 44.9 Å². The number of anilines is 1. The molecule has 0 N–H and O–H groups in total. The van der Waals surface area contributed by atoms with E-state index >= 15 is 0 Å². The van der Waals surface area contributed by atoms with Gasteiger partial charge in [-0.15, -0.1) is 0 Å². The number of benzene rings is 1. The minimum atomic E-state index is -0.461. The summed E-state index contributed by atoms with van der Waals surface area (Å²) in [5.41, 5.74) is 0.386. The van der Waals surface area contributed by atoms with Crippen molar-refractivity contribution in [1.29, 1.82) is 0 Å². The van der Waals surface area contributed by atoms with Crippen molar-refractivity contribution in [2.45, 2.75) is 13.0 Å². The number of ether oxygens (including phenoxy) is 2. The number of nitro groups is 1. The maximum Gasteiger partial charge on any atom is 0.310 e. The van der Waals surface area contributed by atoms with Crippen LogP contribution in [0.1, 0.15) is 6.92 Å². The Kier molecular flexibility index (Phi) is 6.70. The standard InChI is InChI=1S/C13H19ClN2O4/c1-10(9-20-3)15(7-8-19-2)12-6-4-5-11(14)13(12)16(17)18/h4-6,10H,7-9H2,1-3H3. The molecule has 1 aromatic carbocycles. The molecule has 0 aromatic heterocycles. The molecule has 20 heavy (non-hydrogen) atoms. The smallest absolute Gasteiger partial charge is 0.310 e. The number of nitrogens with zero attached hydrogens (tertiary/aromatic N) is 2. The Labute approximate surface area is 123 Å². The predicted molar refractivity (Wildman–Crippen MR) is 78.7 cm³/mol. The van der Waals surface area contributed by atoms with Crippen LogP contribution in [0.4, 0.5) is 11.4 Å². The molecule has 0 aliphatic heterocycles. The van der Waals surface area contributed by atoms with Crippen molar-refractivity contribution in [3.63, 3.8) is 0 Å². The minimum absolute atomic E-state index is 0.0349. The predicted octanol–water partition coefficient (Wildman–Crippen LogP) is 2.74. The lowest BCUT2D eigenvalue weighted by atomic mass is 10.2. The fourth-order valence-corrected chi connectivity index (χ4v) is 2.25. The minimum Gasteiger partial charge on any atom is -0.383 e. The number of rotatable bonds is 8. The van der Waals surface area contributed by atoms with Crippen molar-refractivity contribution in [2.24, 2.45) is 0 Å². The summed E-state index contributed by atoms with van der Waals surface area (Å²) in [7, 11) is 3.18. The van der Waals surface area contributed by atoms with Gasteiger partial charge in [0.25, 0.3) is 0 Å². The van der Waals surface area contributed by atoms with E-state index in [0.717, 1.165) is 0 Å². The molecule has 7 heteroatoms. The molecule has 0 aliphatic carbocycles. The Bertz CT molecular complexity index is 456. The van der Waals surface area contributed by atoms with Gasteiger partial charge in [-0.1, -0.05) is 17.7 Å². The van der Waals surface area contributed by atoms with E-state index in [1.807, 2.05) is 11.8 Å². The molecule has 0 spiro atoms. The molecular weight excluding hydrogens is 284 g/mol. The zero-order valence-corrected chi connectivity index (χ0v) is 12.6. The third-order valence-electron chi connectivity index (χ3n) is 2.93. The quantitative estimate of drug-likeness (QED) is 0.546. The molecule has 1 unspecified atom stereocenters. The largest absolute Gasteiger partial charge is 0.383 e. The van der Waals surface area contributed by atoms with Gasteiger partial charge < -0.3 is 14.4 Å². The molecule has 1 atom stereocenters. The Balaban J connectivity index is 3.18. The van der Waals surface area contributed by atoms with Crippen molar-refractivity contribution >= 4 is 23.0 Å². The summed E-state index contributed by atoms with van der Waals surface area (Å²) in [6.45, 7) is 3.36. The van der Waals surface area contributed by atoms with E-state index in [2.05, 4.69) is 0 Å². The van der Waals surface area contributed by atoms with Crippen molar-refractivity contribution < 1.29 is 14.4 Å². The second-order valence-electron chi connectivity index (χ2n) is 4.36. The van der Waals surface area contributed by atoms with E-state index in [4.69, 9.17) is 21.1 Å². The number of para-hydroxylation sites is 1. The Morgan fingerprint density at radius 3 is 2.65 bits per heavy atom. The molecule has 0 bridgehead atoms. The summed E-state index contributed by atoms with van der Waals surface area (Å²) in [6, 6.07) is 4.86. The molecule has 1 aromatic rings. The molecule has 0 heterocycles. The monoisotopic (exact) mass is 302 g/mol. The highest BCUT2D eigenvalue weighted by atomic mass is 35.5. The molecule has 0 fully saturated rings. The number of hydrogen-bond acceptors (Lipinski definition) is 5. The average molecular weight is 303 g/mol. The molecule has 0 aliphatic rings. The van der Waals surface area contributed by atoms with Crippen LogP contribution in [0.15, 0.2) is 18.2 Å². The second-order valence-corrected chi connectivity index (χ2v) is 4.76. The molecule has 1 rings (SSSR count). The topological polar surface area (TPSA) is 64.8 Å². The lowest BCUT2D eigenvalue weighted by Crippen LogP contribution is -2.39. The van der Waals surface area contributed by atoms with E-state index in [1.165, 1.54) is 6.07 Å². The zero-order chi connectivity index (χ0) is 15.1. The van der Waals surface area contributed by atoms with E-state index in [1.54, 1.807) is 26.4 Å². The first-order chi connectivity index (χ1) is 9.52. The lowest BCUT2D eigenvalue weighted by molar-refractivity contribution is -0.384. The average Bonchev–Trinajstić information content (AvgIpc) is 2.39. The van der Waals surface area contributed by atoms with Crippen LogP contribution in [0.5, 0.6) is 0 Å². The van der Waals surface area contributed by atoms with Gasteiger partial charge in [-0.3, -0.25) is 10.1 Å². The van der Waals surface area contributed by atoms with E-state index in [0.29, 0.717) is 25.4 Å². The second kappa shape index (κ2) is 8.04. The van der Waals surface area contributed by atoms with E-state index < -0.39 is 4.92 Å². The summed E-state index contributed by atoms with van der Waals surface area (Å²) < 4.78 is 10.2. The molecule has 0 amide bonds. The van der Waals surface area contributed by atoms with Crippen molar-refractivity contribution in [1.82, 2.24) is 0 Å². The van der Waals surface area contributed by atoms with Crippen LogP contribution in [0.25, 0.3) is 0 Å². The first-order valence-electron chi connectivity index (χ1n) is 6.20. The van der Waals surface area contributed by atoms with Crippen LogP contribution in [0.2, 0.25) is 5.02 Å². The van der Waals surface area contributed by atoms with Crippen LogP contribution in [-0.2, 0) is 9.47 Å². The number of hydrogen-bond donors (Lipinski definition) is 0. The van der Waals surface area contributed by atoms with Crippen LogP contribution < -0.4 is 4.90 Å². The van der Waals surface area contributed by atoms with Crippen molar-refractivity contribution in [3.8, 4) is 0 Å².